The van der Waals surface area contributed by atoms with Crippen LogP contribution in [0.2, 0.25) is 0 Å². The van der Waals surface area contributed by atoms with Crippen LogP contribution in [0.1, 0.15) is 41.4 Å². The Kier molecular flexibility index (Phi) is 4.81. The molecule has 0 saturated carbocycles. The monoisotopic (exact) mass is 338 g/mol. The van der Waals surface area contributed by atoms with Crippen LogP contribution in [0.25, 0.3) is 0 Å². The lowest BCUT2D eigenvalue weighted by molar-refractivity contribution is 0.0696. The number of hydrogen-bond donors (Lipinski definition) is 2. The lowest BCUT2D eigenvalue weighted by Crippen LogP contribution is -2.25. The van der Waals surface area contributed by atoms with Crippen molar-refractivity contribution in [1.29, 1.82) is 0 Å². The molecule has 23 heavy (non-hydrogen) atoms. The Labute approximate surface area is 134 Å². The average molecular weight is 338 g/mol. The minimum atomic E-state index is -3.87. The number of nitrogens with one attached hydrogen (secondary N) is 1. The number of carbonyl (C=O) groups is 1. The first kappa shape index (κ1) is 17.1. The molecule has 0 amide bonds. The van der Waals surface area contributed by atoms with E-state index in [2.05, 4.69) is 14.9 Å². The minimum absolute atomic E-state index is 0.0228. The average Bonchev–Trinajstić information content (AvgIpc) is 2.90. The summed E-state index contributed by atoms with van der Waals surface area (Å²) in [6, 6.07) is 4.11. The highest BCUT2D eigenvalue weighted by Gasteiger charge is 2.22. The van der Waals surface area contributed by atoms with E-state index in [4.69, 9.17) is 5.11 Å². The van der Waals surface area contributed by atoms with E-state index in [-0.39, 0.29) is 22.9 Å². The molecule has 2 rings (SSSR count). The molecule has 2 aromatic rings. The molecule has 0 bridgehead atoms. The zero-order valence-corrected chi connectivity index (χ0v) is 13.8. The van der Waals surface area contributed by atoms with Crippen LogP contribution in [0.4, 0.5) is 0 Å². The van der Waals surface area contributed by atoms with Gasteiger partial charge < -0.3 is 5.11 Å². The first-order valence-electron chi connectivity index (χ1n) is 6.93. The Morgan fingerprint density at radius 2 is 2.09 bits per heavy atom. The Bertz CT molecular complexity index is 827. The topological polar surface area (TPSA) is 114 Å². The molecule has 0 spiro atoms. The molecule has 9 heteroatoms. The number of aromatic nitrogens is 3. The lowest BCUT2D eigenvalue weighted by Gasteiger charge is -2.14. The Morgan fingerprint density at radius 3 is 2.61 bits per heavy atom. The van der Waals surface area contributed by atoms with Gasteiger partial charge in [0.25, 0.3) is 0 Å². The van der Waals surface area contributed by atoms with Crippen molar-refractivity contribution in [3.63, 3.8) is 0 Å². The number of aromatic carboxylic acids is 1. The Morgan fingerprint density at radius 1 is 1.39 bits per heavy atom. The molecule has 0 saturated heterocycles. The largest absolute Gasteiger partial charge is 0.478 e. The van der Waals surface area contributed by atoms with E-state index in [0.29, 0.717) is 11.3 Å². The number of aryl methyl sites for hydroxylation is 1. The second-order valence-corrected chi connectivity index (χ2v) is 7.10. The molecule has 0 aliphatic carbocycles. The molecule has 1 heterocycles. The van der Waals surface area contributed by atoms with Gasteiger partial charge in [0, 0.05) is 7.05 Å². The van der Waals surface area contributed by atoms with Crippen LogP contribution in [0.3, 0.4) is 0 Å². The quantitative estimate of drug-likeness (QED) is 0.815. The van der Waals surface area contributed by atoms with Crippen molar-refractivity contribution in [2.45, 2.75) is 31.2 Å². The summed E-state index contributed by atoms with van der Waals surface area (Å²) in [6.07, 6.45) is 1.46. The second-order valence-electron chi connectivity index (χ2n) is 5.36. The van der Waals surface area contributed by atoms with E-state index in [1.807, 2.05) is 13.8 Å². The van der Waals surface area contributed by atoms with Crippen molar-refractivity contribution in [3.05, 3.63) is 41.2 Å². The van der Waals surface area contributed by atoms with Gasteiger partial charge in [-0.05, 0) is 23.6 Å². The number of nitrogens with zero attached hydrogens (tertiary/aromatic N) is 3. The smallest absolute Gasteiger partial charge is 0.335 e. The van der Waals surface area contributed by atoms with Gasteiger partial charge in [0.1, 0.15) is 0 Å². The van der Waals surface area contributed by atoms with Crippen LogP contribution >= 0.6 is 0 Å². The van der Waals surface area contributed by atoms with Gasteiger partial charge >= 0.3 is 5.97 Å². The molecular formula is C14H18N4O4S. The first-order valence-corrected chi connectivity index (χ1v) is 8.41. The zero-order valence-electron chi connectivity index (χ0n) is 13.0. The maximum atomic E-state index is 12.6. The summed E-state index contributed by atoms with van der Waals surface area (Å²) >= 11 is 0. The molecule has 0 aliphatic rings. The van der Waals surface area contributed by atoms with Gasteiger partial charge in [-0.1, -0.05) is 19.9 Å². The number of carboxylic acids is 1. The molecule has 8 nitrogen and oxygen atoms in total. The second kappa shape index (κ2) is 6.47. The number of hydrogen-bond acceptors (Lipinski definition) is 5. The van der Waals surface area contributed by atoms with Gasteiger partial charge in [0.15, 0.2) is 0 Å². The molecule has 1 aromatic carbocycles. The predicted molar refractivity (Wildman–Crippen MR) is 82.5 cm³/mol. The van der Waals surface area contributed by atoms with Crippen molar-refractivity contribution in [3.8, 4) is 0 Å². The van der Waals surface area contributed by atoms with Crippen molar-refractivity contribution in [2.75, 3.05) is 0 Å². The van der Waals surface area contributed by atoms with E-state index < -0.39 is 16.0 Å². The van der Waals surface area contributed by atoms with Crippen LogP contribution in [0.15, 0.2) is 29.3 Å². The Balaban J connectivity index is 2.36. The number of sulfonamides is 1. The van der Waals surface area contributed by atoms with E-state index in [0.717, 1.165) is 0 Å². The van der Waals surface area contributed by atoms with Crippen LogP contribution in [0, 0.1) is 0 Å². The molecule has 0 aliphatic heterocycles. The fourth-order valence-electron chi connectivity index (χ4n) is 2.09. The van der Waals surface area contributed by atoms with Crippen molar-refractivity contribution in [2.24, 2.45) is 7.05 Å². The molecule has 0 radical (unpaired) electrons. The SMILES string of the molecule is CC(C)c1ccc(C(=O)O)cc1S(=O)(=O)NCc1cnn(C)n1. The lowest BCUT2D eigenvalue weighted by atomic mass is 10.0. The molecule has 1 aromatic heterocycles. The summed E-state index contributed by atoms with van der Waals surface area (Å²) in [5, 5.41) is 16.9. The zero-order chi connectivity index (χ0) is 17.2. The standard InChI is InChI=1S/C14H18N4O4S/c1-9(2)12-5-4-10(14(19)20)6-13(12)23(21,22)16-8-11-7-15-18(3)17-11/h4-7,9,16H,8H2,1-3H3,(H,19,20). The first-order chi connectivity index (χ1) is 10.7. The van der Waals surface area contributed by atoms with Gasteiger partial charge in [0.2, 0.25) is 10.0 Å². The number of rotatable bonds is 6. The van der Waals surface area contributed by atoms with Gasteiger partial charge in [-0.2, -0.15) is 15.0 Å². The van der Waals surface area contributed by atoms with Crippen molar-refractivity contribution < 1.29 is 18.3 Å². The molecule has 2 N–H and O–H groups in total. The third-order valence-corrected chi connectivity index (χ3v) is 4.72. The van der Waals surface area contributed by atoms with E-state index >= 15 is 0 Å². The van der Waals surface area contributed by atoms with Crippen LogP contribution < -0.4 is 4.72 Å². The van der Waals surface area contributed by atoms with Gasteiger partial charge in [0.05, 0.1) is 28.9 Å². The molecule has 0 unspecified atom stereocenters. The van der Waals surface area contributed by atoms with Crippen molar-refractivity contribution in [1.82, 2.24) is 19.7 Å². The summed E-state index contributed by atoms with van der Waals surface area (Å²) in [4.78, 5) is 12.4. The third kappa shape index (κ3) is 3.93. The summed E-state index contributed by atoms with van der Waals surface area (Å²) in [5.41, 5.74) is 0.951. The molecule has 0 atom stereocenters. The van der Waals surface area contributed by atoms with Gasteiger partial charge in [-0.25, -0.2) is 17.9 Å². The predicted octanol–water partition coefficient (Wildman–Crippen LogP) is 1.12. The Hall–Kier alpha value is -2.26. The van der Waals surface area contributed by atoms with Gasteiger partial charge in [-0.15, -0.1) is 0 Å². The fourth-order valence-corrected chi connectivity index (χ4v) is 3.48. The summed E-state index contributed by atoms with van der Waals surface area (Å²) in [7, 11) is -2.24. The summed E-state index contributed by atoms with van der Waals surface area (Å²) in [5.74, 6) is -1.24. The fraction of sp³-hybridized carbons (Fsp3) is 0.357. The van der Waals surface area contributed by atoms with Gasteiger partial charge in [-0.3, -0.25) is 0 Å². The number of benzene rings is 1. The van der Waals surface area contributed by atoms with Crippen LogP contribution in [-0.2, 0) is 23.6 Å². The molecular weight excluding hydrogens is 320 g/mol. The third-order valence-electron chi connectivity index (χ3n) is 3.26. The van der Waals surface area contributed by atoms with Crippen LogP contribution in [-0.4, -0.2) is 34.5 Å². The van der Waals surface area contributed by atoms with Crippen molar-refractivity contribution >= 4 is 16.0 Å². The van der Waals surface area contributed by atoms with Crippen LogP contribution in [0.5, 0.6) is 0 Å². The highest BCUT2D eigenvalue weighted by molar-refractivity contribution is 7.89. The maximum Gasteiger partial charge on any atom is 0.335 e. The molecule has 0 fully saturated rings. The maximum absolute atomic E-state index is 12.6. The molecule has 124 valence electrons. The highest BCUT2D eigenvalue weighted by atomic mass is 32.2. The number of carboxylic acid groups (broad SMARTS) is 1. The minimum Gasteiger partial charge on any atom is -0.478 e. The van der Waals surface area contributed by atoms with E-state index in [1.54, 1.807) is 7.05 Å². The normalized spacial score (nSPS) is 11.8. The summed E-state index contributed by atoms with van der Waals surface area (Å²) < 4.78 is 27.5. The highest BCUT2D eigenvalue weighted by Crippen LogP contribution is 2.25. The van der Waals surface area contributed by atoms with E-state index in [1.165, 1.54) is 29.2 Å². The summed E-state index contributed by atoms with van der Waals surface area (Å²) in [6.45, 7) is 3.67. The van der Waals surface area contributed by atoms with E-state index in [9.17, 15) is 13.2 Å².